The van der Waals surface area contributed by atoms with E-state index >= 15 is 0 Å². The predicted octanol–water partition coefficient (Wildman–Crippen LogP) is 0.123. The zero-order chi connectivity index (χ0) is 24.2. The van der Waals surface area contributed by atoms with Crippen LogP contribution < -0.4 is 21.4 Å². The van der Waals surface area contributed by atoms with Crippen LogP contribution in [0.15, 0.2) is 48.5 Å². The third-order valence-electron chi connectivity index (χ3n) is 4.32. The molecule has 10 nitrogen and oxygen atoms in total. The van der Waals surface area contributed by atoms with Gasteiger partial charge in [0.25, 0.3) is 11.8 Å². The molecule has 0 aliphatic rings. The highest BCUT2D eigenvalue weighted by molar-refractivity contribution is 5.97. The van der Waals surface area contributed by atoms with E-state index in [1.54, 1.807) is 36.4 Å². The molecule has 170 valence electrons. The maximum atomic E-state index is 12.3. The van der Waals surface area contributed by atoms with Crippen LogP contribution >= 0.6 is 0 Å². The van der Waals surface area contributed by atoms with Crippen molar-refractivity contribution >= 4 is 23.4 Å². The van der Waals surface area contributed by atoms with E-state index in [2.05, 4.69) is 27.8 Å². The highest BCUT2D eigenvalue weighted by Gasteiger charge is 2.25. The number of aliphatic hydroxyl groups is 1. The largest absolute Gasteiger partial charge is 0.391 e. The summed E-state index contributed by atoms with van der Waals surface area (Å²) < 4.78 is 0. The summed E-state index contributed by atoms with van der Waals surface area (Å²) in [6.07, 6.45) is -1.20. The van der Waals surface area contributed by atoms with Crippen LogP contribution in [0.5, 0.6) is 0 Å². The number of rotatable bonds is 8. The van der Waals surface area contributed by atoms with E-state index in [9.17, 15) is 19.5 Å². The normalized spacial score (nSPS) is 11.7. The second-order valence-electron chi connectivity index (χ2n) is 6.88. The number of benzene rings is 2. The molecule has 10 heteroatoms. The molecule has 0 heterocycles. The van der Waals surface area contributed by atoms with Gasteiger partial charge in [0.2, 0.25) is 5.91 Å². The molecule has 2 atom stereocenters. The number of hydrogen-bond acceptors (Lipinski definition) is 7. The maximum absolute atomic E-state index is 12.3. The molecule has 0 fully saturated rings. The van der Waals surface area contributed by atoms with Crippen molar-refractivity contribution in [3.05, 3.63) is 65.2 Å². The van der Waals surface area contributed by atoms with Crippen molar-refractivity contribution in [3.8, 4) is 17.9 Å². The van der Waals surface area contributed by atoms with Crippen LogP contribution in [0.3, 0.4) is 0 Å². The Balaban J connectivity index is 1.97. The molecule has 0 bridgehead atoms. The van der Waals surface area contributed by atoms with Gasteiger partial charge in [0.15, 0.2) is 0 Å². The standard InChI is InChI=1S/C23H23N5O5/c1-15(29)21(23(32)28-33)27-22(31)18-8-4-16(5-9-18)2-3-17-6-10-19(11-7-17)26-20(30)14-25-13-12-24/h4-11,15,21,25,29,33H,13-14H2,1H3,(H,26,30)(H,27,31)(H,28,32). The average Bonchev–Trinajstić information content (AvgIpc) is 2.81. The van der Waals surface area contributed by atoms with Gasteiger partial charge in [-0.15, -0.1) is 0 Å². The SMILES string of the molecule is CC(O)C(NC(=O)c1ccc(C#Cc2ccc(NC(=O)CNCC#N)cc2)cc1)C(=O)NO. The lowest BCUT2D eigenvalue weighted by molar-refractivity contribution is -0.133. The Labute approximate surface area is 190 Å². The van der Waals surface area contributed by atoms with Gasteiger partial charge in [0.05, 0.1) is 25.3 Å². The molecular formula is C23H23N5O5. The first-order chi connectivity index (χ1) is 15.8. The molecule has 0 saturated heterocycles. The first kappa shape index (κ1) is 25.0. The topological polar surface area (TPSA) is 164 Å². The van der Waals surface area contributed by atoms with Crippen molar-refractivity contribution in [1.29, 1.82) is 5.26 Å². The van der Waals surface area contributed by atoms with Gasteiger partial charge in [0, 0.05) is 22.4 Å². The van der Waals surface area contributed by atoms with E-state index in [1.807, 2.05) is 6.07 Å². The molecule has 6 N–H and O–H groups in total. The third-order valence-corrected chi connectivity index (χ3v) is 4.32. The van der Waals surface area contributed by atoms with Crippen molar-refractivity contribution in [3.63, 3.8) is 0 Å². The summed E-state index contributed by atoms with van der Waals surface area (Å²) in [5.74, 6) is 4.16. The second-order valence-corrected chi connectivity index (χ2v) is 6.88. The number of hydroxylamine groups is 1. The van der Waals surface area contributed by atoms with Gasteiger partial charge in [0.1, 0.15) is 6.04 Å². The minimum absolute atomic E-state index is 0.0391. The number of amides is 3. The van der Waals surface area contributed by atoms with Crippen molar-refractivity contribution in [2.24, 2.45) is 0 Å². The van der Waals surface area contributed by atoms with Crippen LogP contribution in [0, 0.1) is 23.2 Å². The molecule has 3 amide bonds. The molecule has 2 unspecified atom stereocenters. The monoisotopic (exact) mass is 449 g/mol. The smallest absolute Gasteiger partial charge is 0.268 e. The van der Waals surface area contributed by atoms with E-state index in [1.165, 1.54) is 24.5 Å². The number of anilines is 1. The summed E-state index contributed by atoms with van der Waals surface area (Å²) in [5, 5.41) is 34.5. The van der Waals surface area contributed by atoms with Crippen LogP contribution in [0.2, 0.25) is 0 Å². The van der Waals surface area contributed by atoms with Crippen LogP contribution in [-0.4, -0.2) is 53.3 Å². The molecule has 33 heavy (non-hydrogen) atoms. The fraction of sp³-hybridized carbons (Fsp3) is 0.217. The molecule has 2 aromatic carbocycles. The van der Waals surface area contributed by atoms with Gasteiger partial charge < -0.3 is 15.7 Å². The van der Waals surface area contributed by atoms with E-state index in [0.29, 0.717) is 16.8 Å². The zero-order valence-electron chi connectivity index (χ0n) is 17.8. The van der Waals surface area contributed by atoms with Gasteiger partial charge >= 0.3 is 0 Å². The van der Waals surface area contributed by atoms with E-state index in [0.717, 1.165) is 0 Å². The fourth-order valence-corrected chi connectivity index (χ4v) is 2.62. The van der Waals surface area contributed by atoms with E-state index < -0.39 is 24.0 Å². The van der Waals surface area contributed by atoms with Crippen molar-refractivity contribution in [2.45, 2.75) is 19.1 Å². The highest BCUT2D eigenvalue weighted by Crippen LogP contribution is 2.09. The van der Waals surface area contributed by atoms with Gasteiger partial charge in [-0.1, -0.05) is 11.8 Å². The van der Waals surface area contributed by atoms with Gasteiger partial charge in [-0.2, -0.15) is 5.26 Å². The quantitative estimate of drug-likeness (QED) is 0.110. The molecule has 0 aromatic heterocycles. The number of aliphatic hydroxyl groups excluding tert-OH is 1. The second kappa shape index (κ2) is 12.6. The molecular weight excluding hydrogens is 426 g/mol. The van der Waals surface area contributed by atoms with E-state index in [-0.39, 0.29) is 24.6 Å². The summed E-state index contributed by atoms with van der Waals surface area (Å²) in [6.45, 7) is 1.45. The first-order valence-electron chi connectivity index (χ1n) is 9.86. The lowest BCUT2D eigenvalue weighted by Crippen LogP contribution is -2.51. The van der Waals surface area contributed by atoms with Gasteiger partial charge in [-0.25, -0.2) is 5.48 Å². The lowest BCUT2D eigenvalue weighted by atomic mass is 10.1. The first-order valence-corrected chi connectivity index (χ1v) is 9.86. The number of carbonyl (C=O) groups is 3. The maximum Gasteiger partial charge on any atom is 0.268 e. The minimum Gasteiger partial charge on any atom is -0.391 e. The molecule has 0 saturated carbocycles. The molecule has 2 aromatic rings. The highest BCUT2D eigenvalue weighted by atomic mass is 16.5. The number of nitrogens with zero attached hydrogens (tertiary/aromatic N) is 1. The molecule has 0 radical (unpaired) electrons. The number of nitriles is 1. The fourth-order valence-electron chi connectivity index (χ4n) is 2.62. The summed E-state index contributed by atoms with van der Waals surface area (Å²) in [4.78, 5) is 35.5. The van der Waals surface area contributed by atoms with Crippen LogP contribution in [-0.2, 0) is 9.59 Å². The average molecular weight is 449 g/mol. The summed E-state index contributed by atoms with van der Waals surface area (Å²) in [5.41, 5.74) is 3.62. The summed E-state index contributed by atoms with van der Waals surface area (Å²) in [7, 11) is 0. The zero-order valence-corrected chi connectivity index (χ0v) is 17.8. The van der Waals surface area contributed by atoms with Crippen LogP contribution in [0.1, 0.15) is 28.4 Å². The van der Waals surface area contributed by atoms with Crippen molar-refractivity contribution in [1.82, 2.24) is 16.1 Å². The summed E-state index contributed by atoms with van der Waals surface area (Å²) in [6, 6.07) is 13.8. The van der Waals surface area contributed by atoms with Gasteiger partial charge in [-0.05, 0) is 55.5 Å². The van der Waals surface area contributed by atoms with Gasteiger partial charge in [-0.3, -0.25) is 24.9 Å². The van der Waals surface area contributed by atoms with Crippen LogP contribution in [0.25, 0.3) is 0 Å². The Kier molecular flexibility index (Phi) is 9.55. The number of hydrogen-bond donors (Lipinski definition) is 6. The predicted molar refractivity (Wildman–Crippen MR) is 119 cm³/mol. The summed E-state index contributed by atoms with van der Waals surface area (Å²) >= 11 is 0. The number of nitrogens with one attached hydrogen (secondary N) is 4. The molecule has 0 aliphatic heterocycles. The minimum atomic E-state index is -1.30. The molecule has 2 rings (SSSR count). The lowest BCUT2D eigenvalue weighted by Gasteiger charge is -2.19. The third kappa shape index (κ3) is 8.09. The Hall–Kier alpha value is -4.22. The Bertz CT molecular complexity index is 1080. The molecule has 0 spiro atoms. The Morgan fingerprint density at radius 2 is 1.58 bits per heavy atom. The Morgan fingerprint density at radius 3 is 2.09 bits per heavy atom. The number of carbonyl (C=O) groups excluding carboxylic acids is 3. The van der Waals surface area contributed by atoms with Crippen molar-refractivity contribution in [2.75, 3.05) is 18.4 Å². The van der Waals surface area contributed by atoms with Crippen molar-refractivity contribution < 1.29 is 24.7 Å². The molecule has 0 aliphatic carbocycles. The van der Waals surface area contributed by atoms with Crippen LogP contribution in [0.4, 0.5) is 5.69 Å². The van der Waals surface area contributed by atoms with E-state index in [4.69, 9.17) is 10.5 Å². The Morgan fingerprint density at radius 1 is 1.00 bits per heavy atom.